The van der Waals surface area contributed by atoms with Crippen molar-refractivity contribution in [1.29, 1.82) is 0 Å². The van der Waals surface area contributed by atoms with Crippen molar-refractivity contribution in [3.63, 3.8) is 0 Å². The Bertz CT molecular complexity index is 601. The third-order valence-corrected chi connectivity index (χ3v) is 3.61. The van der Waals surface area contributed by atoms with Gasteiger partial charge >= 0.3 is 0 Å². The van der Waals surface area contributed by atoms with E-state index >= 15 is 0 Å². The number of benzene rings is 1. The van der Waals surface area contributed by atoms with Gasteiger partial charge in [0.15, 0.2) is 5.84 Å². The van der Waals surface area contributed by atoms with Crippen molar-refractivity contribution in [3.8, 4) is 0 Å². The van der Waals surface area contributed by atoms with Gasteiger partial charge in [-0.3, -0.25) is 5.43 Å². The van der Waals surface area contributed by atoms with Crippen LogP contribution in [0.5, 0.6) is 0 Å². The summed E-state index contributed by atoms with van der Waals surface area (Å²) in [6, 6.07) is 6.92. The normalized spacial score (nSPS) is 20.6. The van der Waals surface area contributed by atoms with E-state index in [1.807, 2.05) is 24.3 Å². The van der Waals surface area contributed by atoms with Crippen molar-refractivity contribution >= 4 is 5.84 Å². The van der Waals surface area contributed by atoms with Crippen LogP contribution in [-0.4, -0.2) is 16.9 Å². The van der Waals surface area contributed by atoms with Crippen molar-refractivity contribution < 1.29 is 4.39 Å². The molecule has 1 atom stereocenters. The van der Waals surface area contributed by atoms with Crippen LogP contribution in [0.15, 0.2) is 53.3 Å². The second-order valence-electron chi connectivity index (χ2n) is 5.50. The predicted octanol–water partition coefficient (Wildman–Crippen LogP) is 3.02. The molecular formula is C16H18FN3. The summed E-state index contributed by atoms with van der Waals surface area (Å²) >= 11 is 0. The monoisotopic (exact) mass is 271 g/mol. The van der Waals surface area contributed by atoms with Gasteiger partial charge in [0.2, 0.25) is 0 Å². The van der Waals surface area contributed by atoms with E-state index in [0.717, 1.165) is 17.0 Å². The lowest BCUT2D eigenvalue weighted by molar-refractivity contribution is 0.290. The first-order valence-corrected chi connectivity index (χ1v) is 6.89. The van der Waals surface area contributed by atoms with Crippen molar-refractivity contribution in [2.24, 2.45) is 11.0 Å². The molecule has 0 saturated heterocycles. The molecule has 3 rings (SSSR count). The zero-order valence-electron chi connectivity index (χ0n) is 11.7. The number of allylic oxidation sites excluding steroid dienone is 2. The average molecular weight is 271 g/mol. The fourth-order valence-corrected chi connectivity index (χ4v) is 2.50. The number of hydrogen-bond acceptors (Lipinski definition) is 3. The molecule has 0 fully saturated rings. The molecule has 0 aromatic heterocycles. The van der Waals surface area contributed by atoms with Gasteiger partial charge in [-0.05, 0) is 29.2 Å². The number of nitrogens with one attached hydrogen (secondary N) is 1. The third-order valence-electron chi connectivity index (χ3n) is 3.61. The van der Waals surface area contributed by atoms with E-state index in [0.29, 0.717) is 12.3 Å². The molecular weight excluding hydrogens is 253 g/mol. The molecule has 3 nitrogen and oxygen atoms in total. The Labute approximate surface area is 118 Å². The summed E-state index contributed by atoms with van der Waals surface area (Å²) in [5.74, 6) is 1.20. The average Bonchev–Trinajstić information content (AvgIpc) is 2.84. The molecule has 2 aliphatic heterocycles. The zero-order valence-corrected chi connectivity index (χ0v) is 11.7. The molecule has 1 N–H and O–H groups in total. The summed E-state index contributed by atoms with van der Waals surface area (Å²) < 4.78 is 13.7. The Morgan fingerprint density at radius 2 is 2.10 bits per heavy atom. The molecule has 4 heteroatoms. The van der Waals surface area contributed by atoms with Crippen LogP contribution in [0.25, 0.3) is 0 Å². The Morgan fingerprint density at radius 1 is 1.30 bits per heavy atom. The number of hydrogen-bond donors (Lipinski definition) is 1. The highest BCUT2D eigenvalue weighted by atomic mass is 19.1. The molecule has 0 spiro atoms. The summed E-state index contributed by atoms with van der Waals surface area (Å²) in [4.78, 5) is 2.13. The van der Waals surface area contributed by atoms with Crippen LogP contribution < -0.4 is 5.43 Å². The summed E-state index contributed by atoms with van der Waals surface area (Å²) in [6.45, 7) is 4.30. The highest BCUT2D eigenvalue weighted by Gasteiger charge is 2.29. The zero-order chi connectivity index (χ0) is 14.1. The van der Waals surface area contributed by atoms with Crippen LogP contribution in [0, 0.1) is 11.7 Å². The number of nitrogens with zero attached hydrogens (tertiary/aromatic N) is 2. The van der Waals surface area contributed by atoms with E-state index < -0.39 is 0 Å². The number of halogens is 1. The van der Waals surface area contributed by atoms with Gasteiger partial charge in [-0.25, -0.2) is 4.39 Å². The number of amidine groups is 1. The van der Waals surface area contributed by atoms with E-state index in [-0.39, 0.29) is 12.0 Å². The first-order chi connectivity index (χ1) is 9.65. The lowest BCUT2D eigenvalue weighted by Gasteiger charge is -2.28. The molecule has 104 valence electrons. The fraction of sp³-hybridized carbons (Fsp3) is 0.312. The van der Waals surface area contributed by atoms with Crippen LogP contribution >= 0.6 is 0 Å². The minimum atomic E-state index is -0.152. The number of hydrazone groups is 1. The highest BCUT2D eigenvalue weighted by molar-refractivity contribution is 5.96. The Balaban J connectivity index is 1.82. The van der Waals surface area contributed by atoms with Crippen LogP contribution in [-0.2, 0) is 6.42 Å². The van der Waals surface area contributed by atoms with E-state index in [4.69, 9.17) is 0 Å². The quantitative estimate of drug-likeness (QED) is 0.915. The predicted molar refractivity (Wildman–Crippen MR) is 78.4 cm³/mol. The van der Waals surface area contributed by atoms with Gasteiger partial charge in [0, 0.05) is 12.6 Å². The van der Waals surface area contributed by atoms with Crippen molar-refractivity contribution in [2.75, 3.05) is 0 Å². The molecule has 2 heterocycles. The van der Waals surface area contributed by atoms with Gasteiger partial charge < -0.3 is 4.90 Å². The maximum atomic E-state index is 13.7. The second-order valence-corrected chi connectivity index (χ2v) is 5.50. The summed E-state index contributed by atoms with van der Waals surface area (Å²) in [5.41, 5.74) is 4.94. The number of rotatable bonds is 3. The Kier molecular flexibility index (Phi) is 3.30. The van der Waals surface area contributed by atoms with E-state index in [1.165, 1.54) is 6.07 Å². The summed E-state index contributed by atoms with van der Waals surface area (Å²) in [6.07, 6.45) is 6.82. The van der Waals surface area contributed by atoms with Gasteiger partial charge in [-0.2, -0.15) is 5.10 Å². The number of fused-ring (bicyclic) bond motifs is 1. The summed E-state index contributed by atoms with van der Waals surface area (Å²) in [5, 5.41) is 4.31. The molecule has 1 unspecified atom stereocenters. The molecule has 0 saturated carbocycles. The summed E-state index contributed by atoms with van der Waals surface area (Å²) in [7, 11) is 0. The molecule has 0 amide bonds. The topological polar surface area (TPSA) is 27.6 Å². The molecule has 2 aliphatic rings. The first kappa shape index (κ1) is 12.9. The van der Waals surface area contributed by atoms with Gasteiger partial charge in [0.1, 0.15) is 12.0 Å². The molecule has 0 aliphatic carbocycles. The second kappa shape index (κ2) is 5.12. The Hall–Kier alpha value is -2.10. The molecule has 0 bridgehead atoms. The van der Waals surface area contributed by atoms with Crippen molar-refractivity contribution in [1.82, 2.24) is 10.3 Å². The van der Waals surface area contributed by atoms with Crippen LogP contribution in [0.2, 0.25) is 0 Å². The largest absolute Gasteiger partial charge is 0.309 e. The molecule has 1 aromatic rings. The third kappa shape index (κ3) is 2.33. The smallest absolute Gasteiger partial charge is 0.154 e. The maximum Gasteiger partial charge on any atom is 0.154 e. The first-order valence-electron chi connectivity index (χ1n) is 6.89. The lowest BCUT2D eigenvalue weighted by Crippen LogP contribution is -2.41. The maximum absolute atomic E-state index is 13.7. The van der Waals surface area contributed by atoms with E-state index in [9.17, 15) is 4.39 Å². The van der Waals surface area contributed by atoms with Crippen molar-refractivity contribution in [2.45, 2.75) is 26.4 Å². The standard InChI is InChI=1S/C16H18FN3/c1-11(2)16-19-18-15-8-7-12(10-20(15)16)9-13-5-3-4-6-14(13)17/h3-8,10-11,16,19H,9H2,1-2H3. The van der Waals surface area contributed by atoms with Gasteiger partial charge in [0.05, 0.1) is 0 Å². The Morgan fingerprint density at radius 3 is 2.85 bits per heavy atom. The van der Waals surface area contributed by atoms with Crippen LogP contribution in [0.3, 0.4) is 0 Å². The van der Waals surface area contributed by atoms with Crippen LogP contribution in [0.1, 0.15) is 19.4 Å². The van der Waals surface area contributed by atoms with Crippen molar-refractivity contribution in [3.05, 3.63) is 59.6 Å². The van der Waals surface area contributed by atoms with Gasteiger partial charge in [0.25, 0.3) is 0 Å². The minimum absolute atomic E-state index is 0.152. The van der Waals surface area contributed by atoms with E-state index in [2.05, 4.69) is 35.5 Å². The molecule has 20 heavy (non-hydrogen) atoms. The van der Waals surface area contributed by atoms with Gasteiger partial charge in [-0.15, -0.1) is 0 Å². The SMILES string of the molecule is CC(C)C1NN=C2C=CC(Cc3ccccc3F)=CN21. The van der Waals surface area contributed by atoms with Crippen LogP contribution in [0.4, 0.5) is 4.39 Å². The van der Waals surface area contributed by atoms with E-state index in [1.54, 1.807) is 6.07 Å². The molecule has 1 aromatic carbocycles. The highest BCUT2D eigenvalue weighted by Crippen LogP contribution is 2.23. The van der Waals surface area contributed by atoms with Gasteiger partial charge in [-0.1, -0.05) is 38.1 Å². The fourth-order valence-electron chi connectivity index (χ4n) is 2.50. The molecule has 0 radical (unpaired) electrons. The lowest BCUT2D eigenvalue weighted by atomic mass is 10.0. The minimum Gasteiger partial charge on any atom is -0.309 e.